The molecule has 0 saturated heterocycles. The number of nitrogens with two attached hydrogens (primary N) is 1. The quantitative estimate of drug-likeness (QED) is 0.769. The predicted octanol–water partition coefficient (Wildman–Crippen LogP) is 2.43. The summed E-state index contributed by atoms with van der Waals surface area (Å²) in [7, 11) is 1.72. The van der Waals surface area contributed by atoms with E-state index in [1.165, 1.54) is 0 Å². The molecular weight excluding hydrogens is 244 g/mol. The minimum atomic E-state index is 0.441. The van der Waals surface area contributed by atoms with E-state index in [9.17, 15) is 0 Å². The van der Waals surface area contributed by atoms with Gasteiger partial charge in [-0.2, -0.15) is 0 Å². The van der Waals surface area contributed by atoms with Gasteiger partial charge < -0.3 is 15.4 Å². The number of hydrogen-bond donors (Lipinski definition) is 1. The van der Waals surface area contributed by atoms with Crippen molar-refractivity contribution >= 4 is 22.9 Å². The van der Waals surface area contributed by atoms with Crippen LogP contribution in [0.2, 0.25) is 0 Å². The van der Waals surface area contributed by atoms with E-state index in [2.05, 4.69) is 24.8 Å². The van der Waals surface area contributed by atoms with Gasteiger partial charge in [-0.1, -0.05) is 38.2 Å². The lowest BCUT2D eigenvalue weighted by Crippen LogP contribution is -2.32. The van der Waals surface area contributed by atoms with Gasteiger partial charge in [0.15, 0.2) is 0 Å². The monoisotopic (exact) mass is 266 g/mol. The molecule has 0 aliphatic carbocycles. The van der Waals surface area contributed by atoms with Gasteiger partial charge >= 0.3 is 0 Å². The van der Waals surface area contributed by atoms with Gasteiger partial charge in [0.05, 0.1) is 6.61 Å². The largest absolute Gasteiger partial charge is 0.389 e. The Bertz CT molecular complexity index is 393. The van der Waals surface area contributed by atoms with E-state index in [-0.39, 0.29) is 0 Å². The maximum absolute atomic E-state index is 5.79. The molecule has 0 bridgehead atoms. The Hall–Kier alpha value is -1.13. The number of benzene rings is 1. The minimum Gasteiger partial charge on any atom is -0.389 e. The van der Waals surface area contributed by atoms with Crippen LogP contribution in [0.3, 0.4) is 0 Å². The zero-order valence-corrected chi connectivity index (χ0v) is 12.2. The fourth-order valence-corrected chi connectivity index (χ4v) is 2.08. The second-order valence-electron chi connectivity index (χ2n) is 4.71. The molecule has 0 heterocycles. The summed E-state index contributed by atoms with van der Waals surface area (Å²) >= 11 is 5.11. The van der Waals surface area contributed by atoms with Crippen molar-refractivity contribution in [2.45, 2.75) is 13.8 Å². The number of thiocarbonyl (C=S) groups is 1. The first-order valence-electron chi connectivity index (χ1n) is 6.19. The zero-order valence-electron chi connectivity index (χ0n) is 11.3. The molecule has 0 amide bonds. The summed E-state index contributed by atoms with van der Waals surface area (Å²) in [6, 6.07) is 8.00. The summed E-state index contributed by atoms with van der Waals surface area (Å²) in [5.41, 5.74) is 7.81. The Morgan fingerprint density at radius 3 is 2.61 bits per heavy atom. The molecule has 0 unspecified atom stereocenters. The van der Waals surface area contributed by atoms with Gasteiger partial charge in [0.2, 0.25) is 0 Å². The second kappa shape index (κ2) is 7.34. The summed E-state index contributed by atoms with van der Waals surface area (Å²) in [5.74, 6) is 0.571. The van der Waals surface area contributed by atoms with E-state index in [0.717, 1.165) is 24.3 Å². The third kappa shape index (κ3) is 4.27. The van der Waals surface area contributed by atoms with Crippen molar-refractivity contribution in [3.63, 3.8) is 0 Å². The highest BCUT2D eigenvalue weighted by atomic mass is 32.1. The molecule has 1 aromatic rings. The number of hydrogen-bond acceptors (Lipinski definition) is 3. The van der Waals surface area contributed by atoms with Crippen molar-refractivity contribution in [2.75, 3.05) is 31.7 Å². The van der Waals surface area contributed by atoms with Gasteiger partial charge in [-0.3, -0.25) is 0 Å². The zero-order chi connectivity index (χ0) is 13.5. The van der Waals surface area contributed by atoms with Crippen LogP contribution in [0.15, 0.2) is 24.3 Å². The molecule has 100 valence electrons. The van der Waals surface area contributed by atoms with Gasteiger partial charge in [-0.05, 0) is 18.1 Å². The Labute approximate surface area is 115 Å². The average molecular weight is 266 g/mol. The van der Waals surface area contributed by atoms with E-state index >= 15 is 0 Å². The summed E-state index contributed by atoms with van der Waals surface area (Å²) in [4.78, 5) is 2.72. The first kappa shape index (κ1) is 14.9. The number of para-hydroxylation sites is 1. The lowest BCUT2D eigenvalue weighted by atomic mass is 10.1. The van der Waals surface area contributed by atoms with Crippen molar-refractivity contribution < 1.29 is 4.74 Å². The SMILES string of the molecule is COCCN(CC(C)C)c1ccccc1C(N)=S. The molecule has 2 N–H and O–H groups in total. The minimum absolute atomic E-state index is 0.441. The number of anilines is 1. The first-order chi connectivity index (χ1) is 8.56. The van der Waals surface area contributed by atoms with Crippen molar-refractivity contribution in [3.05, 3.63) is 29.8 Å². The van der Waals surface area contributed by atoms with Crippen LogP contribution in [-0.4, -0.2) is 31.8 Å². The van der Waals surface area contributed by atoms with Crippen LogP contribution >= 0.6 is 12.2 Å². The van der Waals surface area contributed by atoms with Gasteiger partial charge in [-0.15, -0.1) is 0 Å². The number of methoxy groups -OCH3 is 1. The van der Waals surface area contributed by atoms with Crippen molar-refractivity contribution in [1.29, 1.82) is 0 Å². The lowest BCUT2D eigenvalue weighted by molar-refractivity contribution is 0.204. The van der Waals surface area contributed by atoms with Gasteiger partial charge in [0.1, 0.15) is 4.99 Å². The molecule has 18 heavy (non-hydrogen) atoms. The lowest BCUT2D eigenvalue weighted by Gasteiger charge is -2.28. The van der Waals surface area contributed by atoms with Crippen LogP contribution in [0.1, 0.15) is 19.4 Å². The standard InChI is InChI=1S/C14H22N2OS/c1-11(2)10-16(8-9-17-3)13-7-5-4-6-12(13)14(15)18/h4-7,11H,8-10H2,1-3H3,(H2,15,18). The summed E-state index contributed by atoms with van der Waals surface area (Å²) in [5, 5.41) is 0. The normalized spacial score (nSPS) is 10.7. The van der Waals surface area contributed by atoms with Crippen LogP contribution in [0.25, 0.3) is 0 Å². The Kier molecular flexibility index (Phi) is 6.09. The third-order valence-electron chi connectivity index (χ3n) is 2.66. The second-order valence-corrected chi connectivity index (χ2v) is 5.15. The Morgan fingerprint density at radius 1 is 1.39 bits per heavy atom. The molecule has 1 aromatic carbocycles. The molecule has 0 atom stereocenters. The molecule has 3 nitrogen and oxygen atoms in total. The van der Waals surface area contributed by atoms with Crippen LogP contribution < -0.4 is 10.6 Å². The van der Waals surface area contributed by atoms with Gasteiger partial charge in [-0.25, -0.2) is 0 Å². The molecule has 0 spiro atoms. The third-order valence-corrected chi connectivity index (χ3v) is 2.88. The number of nitrogens with zero attached hydrogens (tertiary/aromatic N) is 1. The van der Waals surface area contributed by atoms with E-state index in [0.29, 0.717) is 17.5 Å². The van der Waals surface area contributed by atoms with Crippen LogP contribution in [0.4, 0.5) is 5.69 Å². The van der Waals surface area contributed by atoms with E-state index in [1.54, 1.807) is 7.11 Å². The molecule has 0 aromatic heterocycles. The maximum Gasteiger partial charge on any atom is 0.106 e. The van der Waals surface area contributed by atoms with Gasteiger partial charge in [0, 0.05) is 31.5 Å². The number of rotatable bonds is 7. The Balaban J connectivity index is 2.99. The topological polar surface area (TPSA) is 38.5 Å². The van der Waals surface area contributed by atoms with Crippen molar-refractivity contribution in [1.82, 2.24) is 0 Å². The molecule has 0 fully saturated rings. The molecule has 1 rings (SSSR count). The first-order valence-corrected chi connectivity index (χ1v) is 6.59. The van der Waals surface area contributed by atoms with Crippen molar-refractivity contribution in [3.8, 4) is 0 Å². The van der Waals surface area contributed by atoms with E-state index in [1.807, 2.05) is 18.2 Å². The molecule has 0 radical (unpaired) electrons. The molecule has 4 heteroatoms. The highest BCUT2D eigenvalue weighted by Gasteiger charge is 2.13. The average Bonchev–Trinajstić information content (AvgIpc) is 2.34. The van der Waals surface area contributed by atoms with Crippen LogP contribution in [0.5, 0.6) is 0 Å². The maximum atomic E-state index is 5.79. The van der Waals surface area contributed by atoms with Crippen LogP contribution in [-0.2, 0) is 4.74 Å². The summed E-state index contributed by atoms with van der Waals surface area (Å²) < 4.78 is 5.17. The van der Waals surface area contributed by atoms with E-state index < -0.39 is 0 Å². The Morgan fingerprint density at radius 2 is 2.06 bits per heavy atom. The highest BCUT2D eigenvalue weighted by molar-refractivity contribution is 7.80. The smallest absolute Gasteiger partial charge is 0.106 e. The molecular formula is C14H22N2OS. The van der Waals surface area contributed by atoms with Crippen molar-refractivity contribution in [2.24, 2.45) is 11.7 Å². The van der Waals surface area contributed by atoms with Crippen LogP contribution in [0, 0.1) is 5.92 Å². The fraction of sp³-hybridized carbons (Fsp3) is 0.500. The number of ether oxygens (including phenoxy) is 1. The highest BCUT2D eigenvalue weighted by Crippen LogP contribution is 2.21. The summed E-state index contributed by atoms with van der Waals surface area (Å²) in [6.45, 7) is 6.89. The van der Waals surface area contributed by atoms with E-state index in [4.69, 9.17) is 22.7 Å². The fourth-order valence-electron chi connectivity index (χ4n) is 1.91. The van der Waals surface area contributed by atoms with Gasteiger partial charge in [0.25, 0.3) is 0 Å². The molecule has 0 saturated carbocycles. The predicted molar refractivity (Wildman–Crippen MR) is 81.3 cm³/mol. The summed E-state index contributed by atoms with van der Waals surface area (Å²) in [6.07, 6.45) is 0. The molecule has 0 aliphatic rings. The molecule has 0 aliphatic heterocycles.